The normalized spacial score (nSPS) is 25.1. The summed E-state index contributed by atoms with van der Waals surface area (Å²) in [6, 6.07) is 9.79. The van der Waals surface area contributed by atoms with Crippen LogP contribution in [0.4, 0.5) is 0 Å². The largest absolute Gasteiger partial charge is 0.354 e. The van der Waals surface area contributed by atoms with Crippen molar-refractivity contribution < 1.29 is 9.59 Å². The first kappa shape index (κ1) is 20.6. The third-order valence-electron chi connectivity index (χ3n) is 6.80. The Bertz CT molecular complexity index is 909. The molecule has 0 radical (unpaired) electrons. The Morgan fingerprint density at radius 1 is 1.27 bits per heavy atom. The van der Waals surface area contributed by atoms with Gasteiger partial charge in [0.05, 0.1) is 11.7 Å². The van der Waals surface area contributed by atoms with Gasteiger partial charge in [-0.2, -0.15) is 0 Å². The molecule has 0 aliphatic carbocycles. The van der Waals surface area contributed by atoms with Gasteiger partial charge in [-0.3, -0.25) is 9.59 Å². The molecule has 7 heteroatoms. The SMILES string of the molecule is CC[C@]1(C(=O)NCCN(C)C)C[C@H]2CC[C@@H]1N2C(=O)c1[nH]cnc1-c1ccccc1. The standard InChI is InChI=1S/C23H31N5O2/c1-4-23(22(30)24-12-13-27(2)3)14-17-10-11-18(23)28(17)21(29)20-19(25-15-26-20)16-8-6-5-7-9-16/h5-9,15,17-18H,4,10-14H2,1-3H3,(H,24,30)(H,25,26)/t17-,18+,23+/m1/s1. The molecule has 3 atom stereocenters. The lowest BCUT2D eigenvalue weighted by molar-refractivity contribution is -0.133. The number of aromatic nitrogens is 2. The van der Waals surface area contributed by atoms with Gasteiger partial charge in [0.2, 0.25) is 5.91 Å². The summed E-state index contributed by atoms with van der Waals surface area (Å²) in [5.74, 6) is 0.0417. The van der Waals surface area contributed by atoms with Crippen molar-refractivity contribution in [3.05, 3.63) is 42.4 Å². The first-order valence-corrected chi connectivity index (χ1v) is 10.8. The number of imidazole rings is 1. The van der Waals surface area contributed by atoms with Crippen LogP contribution < -0.4 is 5.32 Å². The van der Waals surface area contributed by atoms with Gasteiger partial charge in [-0.05, 0) is 39.8 Å². The molecule has 2 aliphatic heterocycles. The molecule has 0 saturated carbocycles. The molecule has 2 bridgehead atoms. The van der Waals surface area contributed by atoms with E-state index in [1.165, 1.54) is 0 Å². The van der Waals surface area contributed by atoms with E-state index in [4.69, 9.17) is 0 Å². The number of nitrogens with one attached hydrogen (secondary N) is 2. The molecule has 2 amide bonds. The maximum atomic E-state index is 13.6. The van der Waals surface area contributed by atoms with Gasteiger partial charge >= 0.3 is 0 Å². The molecule has 2 aromatic rings. The van der Waals surface area contributed by atoms with Gasteiger partial charge < -0.3 is 20.1 Å². The number of benzene rings is 1. The lowest BCUT2D eigenvalue weighted by Crippen LogP contribution is -2.50. The molecule has 1 aromatic heterocycles. The number of hydrogen-bond donors (Lipinski definition) is 2. The molecule has 0 spiro atoms. The van der Waals surface area contributed by atoms with Gasteiger partial charge in [0.25, 0.3) is 5.91 Å². The number of likely N-dealkylation sites (N-methyl/N-ethyl adjacent to an activating group) is 1. The lowest BCUT2D eigenvalue weighted by atomic mass is 9.71. The predicted molar refractivity (Wildman–Crippen MR) is 116 cm³/mol. The number of aromatic amines is 1. The maximum absolute atomic E-state index is 13.6. The van der Waals surface area contributed by atoms with E-state index in [0.29, 0.717) is 17.9 Å². The fourth-order valence-electron chi connectivity index (χ4n) is 5.24. The van der Waals surface area contributed by atoms with E-state index in [1.807, 2.05) is 49.3 Å². The van der Waals surface area contributed by atoms with Crippen molar-refractivity contribution in [2.45, 2.75) is 44.7 Å². The molecule has 2 saturated heterocycles. The van der Waals surface area contributed by atoms with E-state index in [1.54, 1.807) is 6.33 Å². The molecule has 1 aromatic carbocycles. The predicted octanol–water partition coefficient (Wildman–Crippen LogP) is 2.53. The van der Waals surface area contributed by atoms with Crippen LogP contribution in [0.25, 0.3) is 11.3 Å². The van der Waals surface area contributed by atoms with Gasteiger partial charge in [-0.15, -0.1) is 0 Å². The molecule has 160 valence electrons. The molecule has 30 heavy (non-hydrogen) atoms. The Kier molecular flexibility index (Phi) is 5.64. The first-order chi connectivity index (χ1) is 14.5. The topological polar surface area (TPSA) is 81.3 Å². The number of rotatable bonds is 7. The van der Waals surface area contributed by atoms with Crippen LogP contribution in [0.2, 0.25) is 0 Å². The third kappa shape index (κ3) is 3.41. The second-order valence-corrected chi connectivity index (χ2v) is 8.72. The number of hydrogen-bond acceptors (Lipinski definition) is 4. The molecular formula is C23H31N5O2. The average molecular weight is 410 g/mol. The number of nitrogens with zero attached hydrogens (tertiary/aromatic N) is 3. The minimum absolute atomic E-state index is 0.0460. The summed E-state index contributed by atoms with van der Waals surface area (Å²) in [4.78, 5) is 38.3. The molecule has 0 unspecified atom stereocenters. The fraction of sp³-hybridized carbons (Fsp3) is 0.522. The quantitative estimate of drug-likeness (QED) is 0.736. The Hall–Kier alpha value is -2.67. The molecule has 4 rings (SSSR count). The Morgan fingerprint density at radius 2 is 2.03 bits per heavy atom. The van der Waals surface area contributed by atoms with Gasteiger partial charge in [-0.1, -0.05) is 37.3 Å². The van der Waals surface area contributed by atoms with Crippen molar-refractivity contribution in [3.8, 4) is 11.3 Å². The third-order valence-corrected chi connectivity index (χ3v) is 6.80. The highest BCUT2D eigenvalue weighted by atomic mass is 16.2. The zero-order valence-corrected chi connectivity index (χ0v) is 18.0. The summed E-state index contributed by atoms with van der Waals surface area (Å²) in [6.07, 6.45) is 4.88. The van der Waals surface area contributed by atoms with E-state index >= 15 is 0 Å². The summed E-state index contributed by atoms with van der Waals surface area (Å²) < 4.78 is 0. The van der Waals surface area contributed by atoms with Crippen LogP contribution in [0.3, 0.4) is 0 Å². The zero-order chi connectivity index (χ0) is 21.3. The summed E-state index contributed by atoms with van der Waals surface area (Å²) in [6.45, 7) is 3.49. The van der Waals surface area contributed by atoms with E-state index in [-0.39, 0.29) is 23.9 Å². The average Bonchev–Trinajstić information content (AvgIpc) is 3.47. The maximum Gasteiger partial charge on any atom is 0.273 e. The van der Waals surface area contributed by atoms with E-state index in [9.17, 15) is 9.59 Å². The zero-order valence-electron chi connectivity index (χ0n) is 18.0. The van der Waals surface area contributed by atoms with Crippen molar-refractivity contribution in [3.63, 3.8) is 0 Å². The van der Waals surface area contributed by atoms with E-state index < -0.39 is 5.41 Å². The highest BCUT2D eigenvalue weighted by molar-refractivity contribution is 5.99. The van der Waals surface area contributed by atoms with Crippen molar-refractivity contribution in [2.75, 3.05) is 27.2 Å². The van der Waals surface area contributed by atoms with Crippen LogP contribution in [0.15, 0.2) is 36.7 Å². The van der Waals surface area contributed by atoms with Gasteiger partial charge in [0.1, 0.15) is 11.4 Å². The number of H-pyrrole nitrogens is 1. The van der Waals surface area contributed by atoms with Crippen molar-refractivity contribution in [1.29, 1.82) is 0 Å². The molecular weight excluding hydrogens is 378 g/mol. The van der Waals surface area contributed by atoms with E-state index in [0.717, 1.165) is 37.8 Å². The monoisotopic (exact) mass is 409 g/mol. The summed E-state index contributed by atoms with van der Waals surface area (Å²) in [5, 5.41) is 3.13. The van der Waals surface area contributed by atoms with Crippen molar-refractivity contribution >= 4 is 11.8 Å². The van der Waals surface area contributed by atoms with Crippen LogP contribution in [0, 0.1) is 5.41 Å². The second kappa shape index (κ2) is 8.22. The molecule has 2 fully saturated rings. The van der Waals surface area contributed by atoms with Crippen molar-refractivity contribution in [2.24, 2.45) is 5.41 Å². The molecule has 2 aliphatic rings. The Morgan fingerprint density at radius 3 is 2.73 bits per heavy atom. The lowest BCUT2D eigenvalue weighted by Gasteiger charge is -2.35. The summed E-state index contributed by atoms with van der Waals surface area (Å²) in [5.41, 5.74) is 1.59. The second-order valence-electron chi connectivity index (χ2n) is 8.72. The Labute approximate surface area is 177 Å². The molecule has 3 heterocycles. The van der Waals surface area contributed by atoms with Crippen LogP contribution >= 0.6 is 0 Å². The highest BCUT2D eigenvalue weighted by Crippen LogP contribution is 2.52. The van der Waals surface area contributed by atoms with Crippen molar-refractivity contribution in [1.82, 2.24) is 25.1 Å². The fourth-order valence-corrected chi connectivity index (χ4v) is 5.24. The molecule has 2 N–H and O–H groups in total. The Balaban J connectivity index is 1.57. The van der Waals surface area contributed by atoms with Crippen LogP contribution in [-0.2, 0) is 4.79 Å². The minimum Gasteiger partial charge on any atom is -0.354 e. The van der Waals surface area contributed by atoms with Gasteiger partial charge in [0.15, 0.2) is 0 Å². The molecule has 7 nitrogen and oxygen atoms in total. The van der Waals surface area contributed by atoms with Gasteiger partial charge in [-0.25, -0.2) is 4.98 Å². The highest BCUT2D eigenvalue weighted by Gasteiger charge is 2.60. The number of amides is 2. The number of fused-ring (bicyclic) bond motifs is 2. The minimum atomic E-state index is -0.502. The van der Waals surface area contributed by atoms with Gasteiger partial charge in [0, 0.05) is 30.7 Å². The number of carbonyl (C=O) groups is 2. The summed E-state index contributed by atoms with van der Waals surface area (Å²) >= 11 is 0. The number of carbonyl (C=O) groups excluding carboxylic acids is 2. The van der Waals surface area contributed by atoms with Crippen LogP contribution in [0.1, 0.15) is 43.1 Å². The van der Waals surface area contributed by atoms with Crippen LogP contribution in [0.5, 0.6) is 0 Å². The first-order valence-electron chi connectivity index (χ1n) is 10.8. The summed E-state index contributed by atoms with van der Waals surface area (Å²) in [7, 11) is 3.99. The smallest absolute Gasteiger partial charge is 0.273 e. The van der Waals surface area contributed by atoms with E-state index in [2.05, 4.69) is 27.1 Å². The van der Waals surface area contributed by atoms with Crippen LogP contribution in [-0.4, -0.2) is 70.9 Å².